The Kier molecular flexibility index (Phi) is 5.04. The van der Waals surface area contributed by atoms with Crippen molar-refractivity contribution in [2.45, 2.75) is 23.3 Å². The van der Waals surface area contributed by atoms with Crippen LogP contribution < -0.4 is 5.32 Å². The molecule has 0 radical (unpaired) electrons. The standard InChI is InChI=1S/C21H17FN4O3S/c1-13-2-7-18(22)19(8-13)30(28,29)17-5-3-14(4-6-17)10-24-21(27)16-9-15-12-25-26-20(15)23-11-16/h2-9,11-12H,10H2,1H3,(H,24,27)(H,23,25,26). The van der Waals surface area contributed by atoms with Gasteiger partial charge in [0.1, 0.15) is 10.7 Å². The summed E-state index contributed by atoms with van der Waals surface area (Å²) in [4.78, 5) is 16.1. The Morgan fingerprint density at radius 2 is 1.87 bits per heavy atom. The van der Waals surface area contributed by atoms with E-state index in [1.165, 1.54) is 30.5 Å². The molecule has 0 saturated carbocycles. The minimum Gasteiger partial charge on any atom is -0.348 e. The molecule has 0 aliphatic heterocycles. The summed E-state index contributed by atoms with van der Waals surface area (Å²) < 4.78 is 39.5. The van der Waals surface area contributed by atoms with E-state index in [9.17, 15) is 17.6 Å². The summed E-state index contributed by atoms with van der Waals surface area (Å²) in [5, 5.41) is 10.1. The number of benzene rings is 2. The highest BCUT2D eigenvalue weighted by Crippen LogP contribution is 2.24. The maximum absolute atomic E-state index is 14.0. The Hall–Kier alpha value is -3.59. The fourth-order valence-electron chi connectivity index (χ4n) is 2.98. The van der Waals surface area contributed by atoms with Crippen LogP contribution in [0.4, 0.5) is 4.39 Å². The van der Waals surface area contributed by atoms with Gasteiger partial charge in [-0.05, 0) is 48.4 Å². The van der Waals surface area contributed by atoms with E-state index in [4.69, 9.17) is 0 Å². The molecular weight excluding hydrogens is 407 g/mol. The molecule has 30 heavy (non-hydrogen) atoms. The highest BCUT2D eigenvalue weighted by atomic mass is 32.2. The summed E-state index contributed by atoms with van der Waals surface area (Å²) in [6.07, 6.45) is 3.03. The highest BCUT2D eigenvalue weighted by molar-refractivity contribution is 7.91. The maximum Gasteiger partial charge on any atom is 0.253 e. The number of carbonyl (C=O) groups excluding carboxylic acids is 1. The zero-order chi connectivity index (χ0) is 21.3. The molecule has 152 valence electrons. The van der Waals surface area contributed by atoms with E-state index in [2.05, 4.69) is 20.5 Å². The van der Waals surface area contributed by atoms with E-state index in [1.54, 1.807) is 31.3 Å². The van der Waals surface area contributed by atoms with Gasteiger partial charge in [0.2, 0.25) is 9.84 Å². The average molecular weight is 424 g/mol. The van der Waals surface area contributed by atoms with Gasteiger partial charge in [0.15, 0.2) is 5.65 Å². The first-order valence-corrected chi connectivity index (χ1v) is 10.5. The Balaban J connectivity index is 1.48. The van der Waals surface area contributed by atoms with Gasteiger partial charge in [0.05, 0.1) is 16.7 Å². The lowest BCUT2D eigenvalue weighted by molar-refractivity contribution is 0.0950. The van der Waals surface area contributed by atoms with E-state index >= 15 is 0 Å². The molecule has 0 bridgehead atoms. The third-order valence-electron chi connectivity index (χ3n) is 4.62. The Morgan fingerprint density at radius 1 is 1.10 bits per heavy atom. The van der Waals surface area contributed by atoms with Crippen molar-refractivity contribution in [3.05, 3.63) is 83.4 Å². The zero-order valence-electron chi connectivity index (χ0n) is 15.9. The van der Waals surface area contributed by atoms with Crippen molar-refractivity contribution in [2.75, 3.05) is 0 Å². The Morgan fingerprint density at radius 3 is 2.63 bits per heavy atom. The molecular formula is C21H17FN4O3S. The maximum atomic E-state index is 14.0. The van der Waals surface area contributed by atoms with Gasteiger partial charge >= 0.3 is 0 Å². The number of amides is 1. The monoisotopic (exact) mass is 424 g/mol. The van der Waals surface area contributed by atoms with Crippen LogP contribution in [0.25, 0.3) is 11.0 Å². The second kappa shape index (κ2) is 7.68. The second-order valence-electron chi connectivity index (χ2n) is 6.80. The quantitative estimate of drug-likeness (QED) is 0.512. The smallest absolute Gasteiger partial charge is 0.253 e. The number of aromatic nitrogens is 3. The van der Waals surface area contributed by atoms with Crippen LogP contribution in [0.5, 0.6) is 0 Å². The van der Waals surface area contributed by atoms with Gasteiger partial charge in [-0.3, -0.25) is 9.89 Å². The molecule has 7 nitrogen and oxygen atoms in total. The normalized spacial score (nSPS) is 11.5. The number of nitrogens with one attached hydrogen (secondary N) is 2. The third kappa shape index (κ3) is 3.79. The summed E-state index contributed by atoms with van der Waals surface area (Å²) in [5.74, 6) is -1.11. The van der Waals surface area contributed by atoms with E-state index in [1.807, 2.05) is 0 Å². The Labute approximate surface area is 171 Å². The predicted molar refractivity (Wildman–Crippen MR) is 108 cm³/mol. The minimum absolute atomic E-state index is 0.0170. The van der Waals surface area contributed by atoms with Gasteiger partial charge in [-0.2, -0.15) is 5.10 Å². The Bertz CT molecular complexity index is 1350. The van der Waals surface area contributed by atoms with Crippen molar-refractivity contribution >= 4 is 26.8 Å². The van der Waals surface area contributed by atoms with Gasteiger partial charge in [-0.15, -0.1) is 0 Å². The lowest BCUT2D eigenvalue weighted by Crippen LogP contribution is -2.22. The molecule has 0 unspecified atom stereocenters. The SMILES string of the molecule is Cc1ccc(F)c(S(=O)(=O)c2ccc(CNC(=O)c3cnc4[nH]ncc4c3)cc2)c1. The van der Waals surface area contributed by atoms with Crippen LogP contribution in [0.1, 0.15) is 21.5 Å². The lowest BCUT2D eigenvalue weighted by atomic mass is 10.2. The van der Waals surface area contributed by atoms with Crippen LogP contribution in [-0.4, -0.2) is 29.5 Å². The van der Waals surface area contributed by atoms with Gasteiger partial charge in [-0.25, -0.2) is 17.8 Å². The van der Waals surface area contributed by atoms with Gasteiger partial charge < -0.3 is 5.32 Å². The second-order valence-corrected chi connectivity index (χ2v) is 8.71. The first-order valence-electron chi connectivity index (χ1n) is 9.02. The summed E-state index contributed by atoms with van der Waals surface area (Å²) in [6, 6.07) is 11.6. The molecule has 2 heterocycles. The van der Waals surface area contributed by atoms with Crippen molar-refractivity contribution in [3.8, 4) is 0 Å². The van der Waals surface area contributed by atoms with Gasteiger partial charge in [-0.1, -0.05) is 18.2 Å². The molecule has 0 atom stereocenters. The number of halogens is 1. The van der Waals surface area contributed by atoms with Crippen LogP contribution >= 0.6 is 0 Å². The zero-order valence-corrected chi connectivity index (χ0v) is 16.7. The molecule has 4 aromatic rings. The fraction of sp³-hybridized carbons (Fsp3) is 0.0952. The van der Waals surface area contributed by atoms with Crippen molar-refractivity contribution in [1.82, 2.24) is 20.5 Å². The molecule has 0 fully saturated rings. The average Bonchev–Trinajstić information content (AvgIpc) is 3.22. The molecule has 0 saturated heterocycles. The number of nitrogens with zero attached hydrogens (tertiary/aromatic N) is 2. The van der Waals surface area contributed by atoms with Gasteiger partial charge in [0.25, 0.3) is 5.91 Å². The highest BCUT2D eigenvalue weighted by Gasteiger charge is 2.22. The van der Waals surface area contributed by atoms with E-state index in [0.29, 0.717) is 22.3 Å². The molecule has 2 aromatic heterocycles. The number of hydrogen-bond acceptors (Lipinski definition) is 5. The number of aromatic amines is 1. The van der Waals surface area contributed by atoms with Crippen molar-refractivity contribution in [1.29, 1.82) is 0 Å². The number of pyridine rings is 1. The van der Waals surface area contributed by atoms with Crippen molar-refractivity contribution < 1.29 is 17.6 Å². The first kappa shape index (κ1) is 19.7. The van der Waals surface area contributed by atoms with Crippen LogP contribution in [0.2, 0.25) is 0 Å². The van der Waals surface area contributed by atoms with Crippen LogP contribution in [0.15, 0.2) is 70.7 Å². The van der Waals surface area contributed by atoms with E-state index in [0.717, 1.165) is 11.5 Å². The number of fused-ring (bicyclic) bond motifs is 1. The topological polar surface area (TPSA) is 105 Å². The summed E-state index contributed by atoms with van der Waals surface area (Å²) in [7, 11) is -3.98. The summed E-state index contributed by atoms with van der Waals surface area (Å²) >= 11 is 0. The van der Waals surface area contributed by atoms with Crippen molar-refractivity contribution in [3.63, 3.8) is 0 Å². The predicted octanol–water partition coefficient (Wildman–Crippen LogP) is 3.17. The molecule has 0 spiro atoms. The molecule has 0 aliphatic rings. The molecule has 1 amide bonds. The number of hydrogen-bond donors (Lipinski definition) is 2. The molecule has 4 rings (SSSR count). The first-order chi connectivity index (χ1) is 14.3. The van der Waals surface area contributed by atoms with Crippen LogP contribution in [-0.2, 0) is 16.4 Å². The number of aryl methyl sites for hydroxylation is 1. The van der Waals surface area contributed by atoms with Crippen LogP contribution in [0.3, 0.4) is 0 Å². The molecule has 0 aliphatic carbocycles. The number of rotatable bonds is 5. The molecule has 2 N–H and O–H groups in total. The summed E-state index contributed by atoms with van der Waals surface area (Å²) in [6.45, 7) is 1.89. The lowest BCUT2D eigenvalue weighted by Gasteiger charge is -2.09. The van der Waals surface area contributed by atoms with Crippen molar-refractivity contribution in [2.24, 2.45) is 0 Å². The summed E-state index contributed by atoms with van der Waals surface area (Å²) in [5.41, 5.74) is 2.33. The number of H-pyrrole nitrogens is 1. The number of carbonyl (C=O) groups is 1. The molecule has 9 heteroatoms. The minimum atomic E-state index is -3.98. The third-order valence-corrected chi connectivity index (χ3v) is 6.40. The van der Waals surface area contributed by atoms with Gasteiger partial charge in [0, 0.05) is 18.1 Å². The number of sulfone groups is 1. The van der Waals surface area contributed by atoms with E-state index < -0.39 is 15.7 Å². The molecule has 2 aromatic carbocycles. The largest absolute Gasteiger partial charge is 0.348 e. The fourth-order valence-corrected chi connectivity index (χ4v) is 4.39. The van der Waals surface area contributed by atoms with Crippen LogP contribution in [0, 0.1) is 12.7 Å². The van der Waals surface area contributed by atoms with E-state index in [-0.39, 0.29) is 22.2 Å².